The summed E-state index contributed by atoms with van der Waals surface area (Å²) in [6, 6.07) is 19.6. The number of carbonyl (C=O) groups is 1. The number of ketones is 1. The number of benzene rings is 2. The van der Waals surface area contributed by atoms with Gasteiger partial charge < -0.3 is 4.74 Å². The summed E-state index contributed by atoms with van der Waals surface area (Å²) in [7, 11) is 0. The Hall–Kier alpha value is -1.93. The molecule has 0 radical (unpaired) electrons. The summed E-state index contributed by atoms with van der Waals surface area (Å²) in [6.45, 7) is 0.760. The van der Waals surface area contributed by atoms with E-state index in [1.165, 1.54) is 0 Å². The molecule has 0 aliphatic carbocycles. The highest BCUT2D eigenvalue weighted by atomic mass is 16.5. The minimum Gasteiger partial charge on any atom is -0.377 e. The van der Waals surface area contributed by atoms with E-state index in [4.69, 9.17) is 4.74 Å². The second-order valence-corrected chi connectivity index (χ2v) is 5.52. The number of Topliss-reactive ketones (excluding diaryl/α,β-unsaturated/α-hetero) is 1. The molecule has 2 aromatic rings. The van der Waals surface area contributed by atoms with Gasteiger partial charge in [0.1, 0.15) is 0 Å². The normalized spacial score (nSPS) is 19.9. The maximum absolute atomic E-state index is 13.0. The van der Waals surface area contributed by atoms with Gasteiger partial charge in [-0.3, -0.25) is 4.79 Å². The molecule has 0 amide bonds. The Kier molecular flexibility index (Phi) is 4.46. The van der Waals surface area contributed by atoms with Gasteiger partial charge >= 0.3 is 0 Å². The van der Waals surface area contributed by atoms with E-state index < -0.39 is 0 Å². The Labute approximate surface area is 125 Å². The fourth-order valence-electron chi connectivity index (χ4n) is 3.01. The standard InChI is InChI=1S/C19H20O2/c20-19(16-11-5-2-6-12-16)18(15-9-3-1-4-10-15)17-13-7-8-14-21-17/h1-6,9-12,17-18H,7-8,13-14H2. The van der Waals surface area contributed by atoms with Crippen LogP contribution in [0.3, 0.4) is 0 Å². The zero-order valence-corrected chi connectivity index (χ0v) is 12.1. The maximum atomic E-state index is 13.0. The molecule has 1 aliphatic rings. The monoisotopic (exact) mass is 280 g/mol. The number of ether oxygens (including phenoxy) is 1. The van der Waals surface area contributed by atoms with Crippen molar-refractivity contribution in [3.05, 3.63) is 71.8 Å². The van der Waals surface area contributed by atoms with Crippen molar-refractivity contribution >= 4 is 5.78 Å². The van der Waals surface area contributed by atoms with Gasteiger partial charge in [0.05, 0.1) is 12.0 Å². The van der Waals surface area contributed by atoms with E-state index >= 15 is 0 Å². The van der Waals surface area contributed by atoms with Crippen molar-refractivity contribution in [2.45, 2.75) is 31.3 Å². The predicted molar refractivity (Wildman–Crippen MR) is 83.5 cm³/mol. The van der Waals surface area contributed by atoms with Gasteiger partial charge in [0.15, 0.2) is 5.78 Å². The molecule has 2 heteroatoms. The zero-order chi connectivity index (χ0) is 14.5. The van der Waals surface area contributed by atoms with Crippen LogP contribution in [0.5, 0.6) is 0 Å². The van der Waals surface area contributed by atoms with Gasteiger partial charge in [0, 0.05) is 12.2 Å². The van der Waals surface area contributed by atoms with Gasteiger partial charge in [-0.25, -0.2) is 0 Å². The first-order chi connectivity index (χ1) is 10.4. The number of hydrogen-bond donors (Lipinski definition) is 0. The van der Waals surface area contributed by atoms with Crippen LogP contribution < -0.4 is 0 Å². The molecule has 1 fully saturated rings. The van der Waals surface area contributed by atoms with E-state index in [-0.39, 0.29) is 17.8 Å². The molecule has 108 valence electrons. The molecule has 21 heavy (non-hydrogen) atoms. The highest BCUT2D eigenvalue weighted by molar-refractivity contribution is 6.01. The highest BCUT2D eigenvalue weighted by Gasteiger charge is 2.32. The van der Waals surface area contributed by atoms with Crippen molar-refractivity contribution in [1.29, 1.82) is 0 Å². The molecule has 2 unspecified atom stereocenters. The first-order valence-corrected chi connectivity index (χ1v) is 7.62. The lowest BCUT2D eigenvalue weighted by atomic mass is 9.83. The first kappa shape index (κ1) is 14.0. The molecule has 0 saturated carbocycles. The average molecular weight is 280 g/mol. The first-order valence-electron chi connectivity index (χ1n) is 7.62. The molecule has 2 nitrogen and oxygen atoms in total. The molecule has 0 N–H and O–H groups in total. The van der Waals surface area contributed by atoms with Crippen molar-refractivity contribution < 1.29 is 9.53 Å². The summed E-state index contributed by atoms with van der Waals surface area (Å²) in [5, 5.41) is 0. The van der Waals surface area contributed by atoms with E-state index in [1.54, 1.807) is 0 Å². The van der Waals surface area contributed by atoms with Gasteiger partial charge in [0.25, 0.3) is 0 Å². The summed E-state index contributed by atoms with van der Waals surface area (Å²) in [5.41, 5.74) is 1.82. The molecule has 1 saturated heterocycles. The van der Waals surface area contributed by atoms with E-state index in [2.05, 4.69) is 0 Å². The lowest BCUT2D eigenvalue weighted by Gasteiger charge is -2.30. The lowest BCUT2D eigenvalue weighted by molar-refractivity contribution is 0.00179. The third-order valence-electron chi connectivity index (χ3n) is 4.09. The molecule has 0 bridgehead atoms. The van der Waals surface area contributed by atoms with Crippen molar-refractivity contribution in [2.75, 3.05) is 6.61 Å². The molecule has 2 atom stereocenters. The second-order valence-electron chi connectivity index (χ2n) is 5.52. The van der Waals surface area contributed by atoms with Crippen molar-refractivity contribution in [3.63, 3.8) is 0 Å². The van der Waals surface area contributed by atoms with Gasteiger partial charge in [-0.1, -0.05) is 60.7 Å². The molecule has 1 aliphatic heterocycles. The maximum Gasteiger partial charge on any atom is 0.172 e. The zero-order valence-electron chi connectivity index (χ0n) is 12.1. The topological polar surface area (TPSA) is 26.3 Å². The number of carbonyl (C=O) groups excluding carboxylic acids is 1. The summed E-state index contributed by atoms with van der Waals surface area (Å²) >= 11 is 0. The van der Waals surface area contributed by atoms with Crippen molar-refractivity contribution in [1.82, 2.24) is 0 Å². The molecule has 3 rings (SSSR count). The van der Waals surface area contributed by atoms with Crippen LogP contribution in [0.15, 0.2) is 60.7 Å². The fourth-order valence-corrected chi connectivity index (χ4v) is 3.01. The van der Waals surface area contributed by atoms with Crippen LogP contribution in [-0.2, 0) is 4.74 Å². The minimum absolute atomic E-state index is 0.00569. The van der Waals surface area contributed by atoms with Crippen molar-refractivity contribution in [3.8, 4) is 0 Å². The molecule has 0 aromatic heterocycles. The van der Waals surface area contributed by atoms with Crippen LogP contribution in [0, 0.1) is 0 Å². The minimum atomic E-state index is -0.200. The van der Waals surface area contributed by atoms with Crippen molar-refractivity contribution in [2.24, 2.45) is 0 Å². The molecule has 0 spiro atoms. The largest absolute Gasteiger partial charge is 0.377 e. The Bertz CT molecular complexity index is 571. The summed E-state index contributed by atoms with van der Waals surface area (Å²) in [6.07, 6.45) is 3.18. The van der Waals surface area contributed by atoms with E-state index in [1.807, 2.05) is 60.7 Å². The third kappa shape index (κ3) is 3.22. The van der Waals surface area contributed by atoms with Gasteiger partial charge in [-0.2, -0.15) is 0 Å². The van der Waals surface area contributed by atoms with Crippen LogP contribution in [0.2, 0.25) is 0 Å². The van der Waals surface area contributed by atoms with Gasteiger partial charge in [-0.15, -0.1) is 0 Å². The summed E-state index contributed by atoms with van der Waals surface area (Å²) < 4.78 is 5.92. The Balaban J connectivity index is 1.94. The highest BCUT2D eigenvalue weighted by Crippen LogP contribution is 2.31. The average Bonchev–Trinajstić information content (AvgIpc) is 2.58. The summed E-state index contributed by atoms with van der Waals surface area (Å²) in [4.78, 5) is 13.0. The van der Waals surface area contributed by atoms with E-state index in [0.717, 1.165) is 37.0 Å². The van der Waals surface area contributed by atoms with Crippen LogP contribution in [-0.4, -0.2) is 18.5 Å². The molecular formula is C19H20O2. The summed E-state index contributed by atoms with van der Waals surface area (Å²) in [5.74, 6) is -0.0393. The smallest absolute Gasteiger partial charge is 0.172 e. The quantitative estimate of drug-likeness (QED) is 0.784. The number of rotatable bonds is 4. The van der Waals surface area contributed by atoms with Crippen LogP contribution in [0.1, 0.15) is 41.1 Å². The SMILES string of the molecule is O=C(c1ccccc1)C(c1ccccc1)C1CCCCO1. The lowest BCUT2D eigenvalue weighted by Crippen LogP contribution is -2.31. The fraction of sp³-hybridized carbons (Fsp3) is 0.316. The molecule has 2 aromatic carbocycles. The van der Waals surface area contributed by atoms with Crippen LogP contribution >= 0.6 is 0 Å². The van der Waals surface area contributed by atoms with Crippen LogP contribution in [0.25, 0.3) is 0 Å². The Morgan fingerprint density at radius 1 is 0.952 bits per heavy atom. The molecular weight excluding hydrogens is 260 g/mol. The Morgan fingerprint density at radius 3 is 2.24 bits per heavy atom. The number of hydrogen-bond acceptors (Lipinski definition) is 2. The van der Waals surface area contributed by atoms with Gasteiger partial charge in [-0.05, 0) is 24.8 Å². The van der Waals surface area contributed by atoms with Gasteiger partial charge in [0.2, 0.25) is 0 Å². The second kappa shape index (κ2) is 6.68. The third-order valence-corrected chi connectivity index (χ3v) is 4.09. The molecule has 1 heterocycles. The van der Waals surface area contributed by atoms with Crippen LogP contribution in [0.4, 0.5) is 0 Å². The Morgan fingerprint density at radius 2 is 1.62 bits per heavy atom. The van der Waals surface area contributed by atoms with E-state index in [0.29, 0.717) is 0 Å². The predicted octanol–water partition coefficient (Wildman–Crippen LogP) is 4.22. The van der Waals surface area contributed by atoms with E-state index in [9.17, 15) is 4.79 Å².